The standard InChI is InChI=1S/C7H7N3O/c8-5-10-7(11)6-1-3-9-4-2-6/h1-5H,(H2,8,10,11). The van der Waals surface area contributed by atoms with Gasteiger partial charge < -0.3 is 5.73 Å². The van der Waals surface area contributed by atoms with Gasteiger partial charge in [-0.3, -0.25) is 9.78 Å². The molecule has 0 aromatic carbocycles. The predicted molar refractivity (Wildman–Crippen MR) is 41.2 cm³/mol. The van der Waals surface area contributed by atoms with Gasteiger partial charge in [-0.1, -0.05) is 0 Å². The maximum absolute atomic E-state index is 10.9. The number of nitrogens with two attached hydrogens (primary N) is 1. The van der Waals surface area contributed by atoms with Crippen LogP contribution in [0.15, 0.2) is 29.5 Å². The van der Waals surface area contributed by atoms with Crippen molar-refractivity contribution in [1.82, 2.24) is 4.98 Å². The van der Waals surface area contributed by atoms with Gasteiger partial charge in [0.25, 0.3) is 5.91 Å². The Morgan fingerprint density at radius 2 is 2.18 bits per heavy atom. The van der Waals surface area contributed by atoms with E-state index in [1.165, 1.54) is 12.4 Å². The largest absolute Gasteiger partial charge is 0.390 e. The molecule has 1 rings (SSSR count). The second-order valence-corrected chi connectivity index (χ2v) is 1.82. The summed E-state index contributed by atoms with van der Waals surface area (Å²) in [7, 11) is 0. The number of aliphatic imine (C=N–C) groups is 1. The Kier molecular flexibility index (Phi) is 2.32. The molecule has 1 heterocycles. The highest BCUT2D eigenvalue weighted by molar-refractivity contribution is 5.98. The Hall–Kier alpha value is -1.71. The summed E-state index contributed by atoms with van der Waals surface area (Å²) in [5.74, 6) is -0.352. The molecule has 0 atom stereocenters. The van der Waals surface area contributed by atoms with Gasteiger partial charge in [0.05, 0.1) is 6.34 Å². The summed E-state index contributed by atoms with van der Waals surface area (Å²) in [5, 5.41) is 0. The van der Waals surface area contributed by atoms with E-state index in [2.05, 4.69) is 9.98 Å². The Balaban J connectivity index is 2.86. The molecule has 1 amide bonds. The van der Waals surface area contributed by atoms with Crippen LogP contribution in [-0.4, -0.2) is 17.2 Å². The van der Waals surface area contributed by atoms with Crippen LogP contribution >= 0.6 is 0 Å². The Morgan fingerprint density at radius 3 is 2.73 bits per heavy atom. The third-order valence-electron chi connectivity index (χ3n) is 1.12. The van der Waals surface area contributed by atoms with E-state index in [0.717, 1.165) is 6.34 Å². The molecule has 56 valence electrons. The van der Waals surface area contributed by atoms with Gasteiger partial charge in [0.2, 0.25) is 0 Å². The number of aromatic nitrogens is 1. The van der Waals surface area contributed by atoms with E-state index in [1.54, 1.807) is 12.1 Å². The van der Waals surface area contributed by atoms with Crippen LogP contribution in [0.5, 0.6) is 0 Å². The minimum absolute atomic E-state index is 0.352. The lowest BCUT2D eigenvalue weighted by Crippen LogP contribution is -1.98. The fourth-order valence-electron chi connectivity index (χ4n) is 0.637. The summed E-state index contributed by atoms with van der Waals surface area (Å²) in [6.07, 6.45) is 4.03. The number of carbonyl (C=O) groups is 1. The monoisotopic (exact) mass is 149 g/mol. The first-order valence-corrected chi connectivity index (χ1v) is 3.03. The minimum Gasteiger partial charge on any atom is -0.390 e. The highest BCUT2D eigenvalue weighted by Gasteiger charge is 1.99. The molecule has 4 nitrogen and oxygen atoms in total. The van der Waals surface area contributed by atoms with Gasteiger partial charge in [0.15, 0.2) is 0 Å². The molecule has 0 saturated heterocycles. The fraction of sp³-hybridized carbons (Fsp3) is 0. The van der Waals surface area contributed by atoms with Gasteiger partial charge in [-0.15, -0.1) is 0 Å². The van der Waals surface area contributed by atoms with E-state index in [4.69, 9.17) is 5.73 Å². The minimum atomic E-state index is -0.352. The van der Waals surface area contributed by atoms with Gasteiger partial charge in [0.1, 0.15) is 0 Å². The third kappa shape index (κ3) is 1.86. The molecule has 0 fully saturated rings. The number of nitrogens with zero attached hydrogens (tertiary/aromatic N) is 2. The zero-order chi connectivity index (χ0) is 8.10. The van der Waals surface area contributed by atoms with Gasteiger partial charge in [0, 0.05) is 18.0 Å². The van der Waals surface area contributed by atoms with Gasteiger partial charge in [-0.2, -0.15) is 4.99 Å². The molecule has 11 heavy (non-hydrogen) atoms. The second-order valence-electron chi connectivity index (χ2n) is 1.82. The molecule has 4 heteroatoms. The van der Waals surface area contributed by atoms with Crippen LogP contribution in [0.25, 0.3) is 0 Å². The van der Waals surface area contributed by atoms with E-state index in [9.17, 15) is 4.79 Å². The normalized spacial score (nSPS) is 10.2. The van der Waals surface area contributed by atoms with Crippen LogP contribution in [0.3, 0.4) is 0 Å². The number of rotatable bonds is 1. The van der Waals surface area contributed by atoms with Crippen LogP contribution in [0, 0.1) is 0 Å². The topological polar surface area (TPSA) is 68.3 Å². The molecular weight excluding hydrogens is 142 g/mol. The van der Waals surface area contributed by atoms with E-state index in [1.807, 2.05) is 0 Å². The first kappa shape index (κ1) is 7.40. The van der Waals surface area contributed by atoms with Gasteiger partial charge in [-0.05, 0) is 12.1 Å². The lowest BCUT2D eigenvalue weighted by molar-refractivity contribution is 0.100. The Morgan fingerprint density at radius 1 is 1.55 bits per heavy atom. The highest BCUT2D eigenvalue weighted by Crippen LogP contribution is 1.97. The summed E-state index contributed by atoms with van der Waals surface area (Å²) in [4.78, 5) is 18.1. The van der Waals surface area contributed by atoms with Crippen molar-refractivity contribution in [2.45, 2.75) is 0 Å². The Bertz CT molecular complexity index is 268. The predicted octanol–water partition coefficient (Wildman–Crippen LogP) is 0.209. The molecule has 0 spiro atoms. The molecule has 1 aromatic rings. The van der Waals surface area contributed by atoms with Crippen molar-refractivity contribution in [2.75, 3.05) is 0 Å². The molecule has 0 aliphatic heterocycles. The van der Waals surface area contributed by atoms with Crippen molar-refractivity contribution in [2.24, 2.45) is 10.7 Å². The van der Waals surface area contributed by atoms with Crippen molar-refractivity contribution < 1.29 is 4.79 Å². The molecule has 0 radical (unpaired) electrons. The number of pyridine rings is 1. The molecule has 0 aliphatic carbocycles. The highest BCUT2D eigenvalue weighted by atomic mass is 16.1. The second kappa shape index (κ2) is 3.46. The number of hydrogen-bond acceptors (Lipinski definition) is 2. The molecule has 1 aromatic heterocycles. The lowest BCUT2D eigenvalue weighted by atomic mass is 10.3. The van der Waals surface area contributed by atoms with Crippen molar-refractivity contribution in [1.29, 1.82) is 0 Å². The van der Waals surface area contributed by atoms with E-state index in [0.29, 0.717) is 5.56 Å². The van der Waals surface area contributed by atoms with Crippen LogP contribution in [0.1, 0.15) is 10.4 Å². The molecule has 0 unspecified atom stereocenters. The number of carbonyl (C=O) groups excluding carboxylic acids is 1. The SMILES string of the molecule is NC=NC(=O)c1ccncc1. The quantitative estimate of drug-likeness (QED) is 0.458. The number of hydrogen-bond donors (Lipinski definition) is 1. The van der Waals surface area contributed by atoms with E-state index >= 15 is 0 Å². The molecular formula is C7H7N3O. The molecule has 0 aliphatic rings. The molecule has 0 bridgehead atoms. The average Bonchev–Trinajstić information content (AvgIpc) is 2.07. The van der Waals surface area contributed by atoms with Crippen LogP contribution in [-0.2, 0) is 0 Å². The molecule has 0 saturated carbocycles. The summed E-state index contributed by atoms with van der Waals surface area (Å²) >= 11 is 0. The van der Waals surface area contributed by atoms with Crippen molar-refractivity contribution in [3.63, 3.8) is 0 Å². The van der Waals surface area contributed by atoms with Crippen LogP contribution in [0.2, 0.25) is 0 Å². The Labute approximate surface area is 63.8 Å². The summed E-state index contributed by atoms with van der Waals surface area (Å²) in [6, 6.07) is 3.16. The summed E-state index contributed by atoms with van der Waals surface area (Å²) in [5.41, 5.74) is 5.43. The maximum atomic E-state index is 10.9. The third-order valence-corrected chi connectivity index (χ3v) is 1.12. The number of amides is 1. The van der Waals surface area contributed by atoms with Gasteiger partial charge >= 0.3 is 0 Å². The summed E-state index contributed by atoms with van der Waals surface area (Å²) < 4.78 is 0. The first-order chi connectivity index (χ1) is 5.34. The lowest BCUT2D eigenvalue weighted by Gasteiger charge is -1.90. The van der Waals surface area contributed by atoms with Gasteiger partial charge in [-0.25, -0.2) is 0 Å². The zero-order valence-corrected chi connectivity index (χ0v) is 5.77. The first-order valence-electron chi connectivity index (χ1n) is 3.03. The molecule has 2 N–H and O–H groups in total. The fourth-order valence-corrected chi connectivity index (χ4v) is 0.637. The van der Waals surface area contributed by atoms with E-state index in [-0.39, 0.29) is 5.91 Å². The smallest absolute Gasteiger partial charge is 0.278 e. The van der Waals surface area contributed by atoms with Crippen molar-refractivity contribution >= 4 is 12.2 Å². The maximum Gasteiger partial charge on any atom is 0.278 e. The van der Waals surface area contributed by atoms with E-state index < -0.39 is 0 Å². The summed E-state index contributed by atoms with van der Waals surface area (Å²) in [6.45, 7) is 0. The van der Waals surface area contributed by atoms with Crippen LogP contribution in [0.4, 0.5) is 0 Å². The van der Waals surface area contributed by atoms with Crippen LogP contribution < -0.4 is 5.73 Å². The van der Waals surface area contributed by atoms with Crippen molar-refractivity contribution in [3.05, 3.63) is 30.1 Å². The van der Waals surface area contributed by atoms with Crippen molar-refractivity contribution in [3.8, 4) is 0 Å². The average molecular weight is 149 g/mol. The zero-order valence-electron chi connectivity index (χ0n) is 5.77.